The zero-order chi connectivity index (χ0) is 34.6. The first-order valence-corrected chi connectivity index (χ1v) is 17.0. The Labute approximate surface area is 288 Å². The molecule has 3 aromatic carbocycles. The minimum atomic E-state index is -0.946. The summed E-state index contributed by atoms with van der Waals surface area (Å²) >= 11 is 0. The molecule has 49 heavy (non-hydrogen) atoms. The first-order chi connectivity index (χ1) is 23.8. The van der Waals surface area contributed by atoms with Gasteiger partial charge in [0, 0.05) is 59.7 Å². The highest BCUT2D eigenvalue weighted by atomic mass is 16.5. The van der Waals surface area contributed by atoms with Crippen LogP contribution in [-0.2, 0) is 32.0 Å². The van der Waals surface area contributed by atoms with E-state index in [-0.39, 0.29) is 42.7 Å². The van der Waals surface area contributed by atoms with Gasteiger partial charge in [-0.2, -0.15) is 0 Å². The molecule has 0 unspecified atom stereocenters. The van der Waals surface area contributed by atoms with Gasteiger partial charge in [-0.05, 0) is 36.1 Å². The van der Waals surface area contributed by atoms with Crippen LogP contribution in [0.4, 0.5) is 0 Å². The van der Waals surface area contributed by atoms with E-state index < -0.39 is 24.0 Å². The lowest BCUT2D eigenvalue weighted by molar-refractivity contribution is -0.138. The Bertz CT molecular complexity index is 1550. The monoisotopic (exact) mass is 669 g/mol. The minimum Gasteiger partial charge on any atom is -0.491 e. The normalized spacial score (nSPS) is 21.4. The molecule has 0 radical (unpaired) electrons. The fourth-order valence-electron chi connectivity index (χ4n) is 6.30. The van der Waals surface area contributed by atoms with Gasteiger partial charge in [0.05, 0.1) is 18.2 Å². The molecule has 260 valence electrons. The quantitative estimate of drug-likeness (QED) is 0.379. The average molecular weight is 670 g/mol. The number of nitrogens with zero attached hydrogens (tertiary/aromatic N) is 3. The van der Waals surface area contributed by atoms with Gasteiger partial charge in [0.15, 0.2) is 0 Å². The summed E-state index contributed by atoms with van der Waals surface area (Å²) in [7, 11) is 3.39. The molecule has 0 spiro atoms. The van der Waals surface area contributed by atoms with Crippen LogP contribution < -0.4 is 15.4 Å². The number of methoxy groups -OCH3 is 1. The molecule has 0 aliphatic carbocycles. The summed E-state index contributed by atoms with van der Waals surface area (Å²) in [5.41, 5.74) is 2.20. The molecule has 0 aromatic heterocycles. The number of hydrogen-bond acceptors (Lipinski definition) is 7. The molecule has 11 nitrogen and oxygen atoms in total. The van der Waals surface area contributed by atoms with Crippen molar-refractivity contribution in [3.63, 3.8) is 0 Å². The summed E-state index contributed by atoms with van der Waals surface area (Å²) in [4.78, 5) is 61.1. The number of fused-ring (bicyclic) bond motifs is 1. The van der Waals surface area contributed by atoms with E-state index in [1.165, 1.54) is 0 Å². The Morgan fingerprint density at radius 1 is 0.837 bits per heavy atom. The Balaban J connectivity index is 1.43. The Morgan fingerprint density at radius 3 is 2.14 bits per heavy atom. The van der Waals surface area contributed by atoms with E-state index in [1.807, 2.05) is 60.7 Å². The van der Waals surface area contributed by atoms with E-state index in [9.17, 15) is 19.2 Å². The van der Waals surface area contributed by atoms with Crippen molar-refractivity contribution in [2.75, 3.05) is 60.1 Å². The number of nitrogens with one attached hydrogen (secondary N) is 2. The van der Waals surface area contributed by atoms with Crippen LogP contribution in [0.1, 0.15) is 34.3 Å². The van der Waals surface area contributed by atoms with Crippen molar-refractivity contribution in [1.29, 1.82) is 0 Å². The third kappa shape index (κ3) is 9.90. The smallest absolute Gasteiger partial charge is 0.255 e. The van der Waals surface area contributed by atoms with Crippen molar-refractivity contribution in [3.05, 3.63) is 102 Å². The second-order valence-corrected chi connectivity index (χ2v) is 12.6. The highest BCUT2D eigenvalue weighted by Gasteiger charge is 2.33. The summed E-state index contributed by atoms with van der Waals surface area (Å²) < 4.78 is 11.5. The lowest BCUT2D eigenvalue weighted by Crippen LogP contribution is -2.55. The zero-order valence-corrected chi connectivity index (χ0v) is 28.4. The molecule has 1 saturated heterocycles. The van der Waals surface area contributed by atoms with Gasteiger partial charge in [-0.3, -0.25) is 24.1 Å². The second-order valence-electron chi connectivity index (χ2n) is 12.6. The fraction of sp³-hybridized carbons (Fsp3) is 0.421. The van der Waals surface area contributed by atoms with Crippen molar-refractivity contribution in [1.82, 2.24) is 25.3 Å². The topological polar surface area (TPSA) is 121 Å². The van der Waals surface area contributed by atoms with Gasteiger partial charge >= 0.3 is 0 Å². The number of hydrogen-bond donors (Lipinski definition) is 2. The number of benzene rings is 3. The number of para-hydroxylation sites is 1. The van der Waals surface area contributed by atoms with Crippen LogP contribution in [0, 0.1) is 0 Å². The number of carbonyl (C=O) groups is 4. The standard InChI is InChI=1S/C38H47N5O6/c1-41-30(25-28-11-5-3-6-12-28)27-49-34-16-10-9-15-31(34)36(45)40-32(38(47)43-21-19-42(20-22-43)23-24-48-2)17-18-35(44)39-33(37(41)46)26-29-13-7-4-8-14-29/h3-16,30,32-33H,17-27H2,1-2H3,(H,39,44)(H,40,45)/t30-,32+,33+/m1/s1. The van der Waals surface area contributed by atoms with E-state index in [1.54, 1.807) is 48.2 Å². The third-order valence-electron chi connectivity index (χ3n) is 9.25. The van der Waals surface area contributed by atoms with Gasteiger partial charge in [0.1, 0.15) is 24.4 Å². The van der Waals surface area contributed by atoms with Crippen molar-refractivity contribution < 1.29 is 28.7 Å². The highest BCUT2D eigenvalue weighted by molar-refractivity contribution is 6.00. The number of carbonyl (C=O) groups excluding carboxylic acids is 4. The number of ether oxygens (including phenoxy) is 2. The molecule has 2 N–H and O–H groups in total. The molecule has 2 aliphatic rings. The first-order valence-electron chi connectivity index (χ1n) is 17.0. The maximum Gasteiger partial charge on any atom is 0.255 e. The van der Waals surface area contributed by atoms with Gasteiger partial charge in [0.2, 0.25) is 17.7 Å². The van der Waals surface area contributed by atoms with Crippen LogP contribution in [0.25, 0.3) is 0 Å². The molecule has 0 bridgehead atoms. The number of piperazine rings is 1. The Hall–Kier alpha value is -4.74. The number of rotatable bonds is 8. The molecule has 5 rings (SSSR count). The van der Waals surface area contributed by atoms with E-state index in [0.717, 1.165) is 17.7 Å². The van der Waals surface area contributed by atoms with Crippen LogP contribution >= 0.6 is 0 Å². The van der Waals surface area contributed by atoms with Crippen LogP contribution in [0.3, 0.4) is 0 Å². The summed E-state index contributed by atoms with van der Waals surface area (Å²) in [6, 6.07) is 24.1. The van der Waals surface area contributed by atoms with Crippen LogP contribution in [0.2, 0.25) is 0 Å². The molecule has 4 amide bonds. The Morgan fingerprint density at radius 2 is 1.47 bits per heavy atom. The molecule has 3 aromatic rings. The van der Waals surface area contributed by atoms with E-state index >= 15 is 0 Å². The summed E-state index contributed by atoms with van der Waals surface area (Å²) in [5.74, 6) is -0.978. The number of likely N-dealkylation sites (N-methyl/N-ethyl adjacent to an activating group) is 1. The van der Waals surface area contributed by atoms with Crippen LogP contribution in [0.5, 0.6) is 5.75 Å². The lowest BCUT2D eigenvalue weighted by atomic mass is 10.0. The summed E-state index contributed by atoms with van der Waals surface area (Å²) in [6.07, 6.45) is 0.809. The van der Waals surface area contributed by atoms with Crippen molar-refractivity contribution >= 4 is 23.6 Å². The maximum atomic E-state index is 14.2. The molecule has 11 heteroatoms. The van der Waals surface area contributed by atoms with Crippen molar-refractivity contribution in [2.24, 2.45) is 0 Å². The fourth-order valence-corrected chi connectivity index (χ4v) is 6.30. The predicted molar refractivity (Wildman–Crippen MR) is 186 cm³/mol. The van der Waals surface area contributed by atoms with Crippen LogP contribution in [0.15, 0.2) is 84.9 Å². The maximum absolute atomic E-state index is 14.2. The van der Waals surface area contributed by atoms with E-state index in [0.29, 0.717) is 51.4 Å². The van der Waals surface area contributed by atoms with Gasteiger partial charge in [0.25, 0.3) is 5.91 Å². The van der Waals surface area contributed by atoms with Crippen molar-refractivity contribution in [3.8, 4) is 5.75 Å². The minimum absolute atomic E-state index is 0.0572. The van der Waals surface area contributed by atoms with Gasteiger partial charge in [-0.25, -0.2) is 0 Å². The van der Waals surface area contributed by atoms with Gasteiger partial charge in [-0.15, -0.1) is 0 Å². The average Bonchev–Trinajstić information content (AvgIpc) is 3.14. The molecular weight excluding hydrogens is 622 g/mol. The second kappa shape index (κ2) is 17.6. The first kappa shape index (κ1) is 35.6. The SMILES string of the molecule is COCCN1CCN(C(=O)[C@@H]2CCC(=O)N[C@@H](Cc3ccccc3)C(=O)N(C)[C@H](Cc3ccccc3)COc3ccccc3C(=O)N2)CC1. The molecule has 2 heterocycles. The molecule has 3 atom stereocenters. The highest BCUT2D eigenvalue weighted by Crippen LogP contribution is 2.21. The van der Waals surface area contributed by atoms with E-state index in [4.69, 9.17) is 9.47 Å². The molecule has 1 fully saturated rings. The summed E-state index contributed by atoms with van der Waals surface area (Å²) in [5, 5.41) is 5.89. The largest absolute Gasteiger partial charge is 0.491 e. The summed E-state index contributed by atoms with van der Waals surface area (Å²) in [6.45, 7) is 3.87. The predicted octanol–water partition coefficient (Wildman–Crippen LogP) is 2.55. The zero-order valence-electron chi connectivity index (χ0n) is 28.4. The van der Waals surface area contributed by atoms with E-state index in [2.05, 4.69) is 15.5 Å². The number of amides is 4. The molecule has 0 saturated carbocycles. The third-order valence-corrected chi connectivity index (χ3v) is 9.25. The van der Waals surface area contributed by atoms with Gasteiger partial charge < -0.3 is 29.9 Å². The van der Waals surface area contributed by atoms with Crippen molar-refractivity contribution in [2.45, 2.75) is 43.8 Å². The lowest BCUT2D eigenvalue weighted by Gasteiger charge is -2.36. The van der Waals surface area contributed by atoms with Gasteiger partial charge in [-0.1, -0.05) is 72.8 Å². The Kier molecular flexibility index (Phi) is 12.8. The van der Waals surface area contributed by atoms with Crippen LogP contribution in [-0.4, -0.2) is 117 Å². The molecule has 2 aliphatic heterocycles. The molecular formula is C38H47N5O6.